The first kappa shape index (κ1) is 17.4. The zero-order chi connectivity index (χ0) is 16.5. The van der Waals surface area contributed by atoms with Gasteiger partial charge in [0, 0.05) is 27.9 Å². The van der Waals surface area contributed by atoms with E-state index >= 15 is 0 Å². The van der Waals surface area contributed by atoms with Crippen molar-refractivity contribution in [2.75, 3.05) is 0 Å². The third-order valence-electron chi connectivity index (χ3n) is 3.67. The van der Waals surface area contributed by atoms with Gasteiger partial charge in [0.25, 0.3) is 5.82 Å². The van der Waals surface area contributed by atoms with Crippen LogP contribution in [0.4, 0.5) is 0 Å². The Labute approximate surface area is 159 Å². The number of hydrogen-bond acceptors (Lipinski definition) is 5. The van der Waals surface area contributed by atoms with E-state index in [2.05, 4.69) is 27.1 Å². The molecule has 0 saturated heterocycles. The van der Waals surface area contributed by atoms with Gasteiger partial charge in [-0.2, -0.15) is 0 Å². The zero-order valence-corrected chi connectivity index (χ0v) is 16.1. The maximum Gasteiger partial charge on any atom is 0.364 e. The molecule has 4 aromatic rings. The van der Waals surface area contributed by atoms with Gasteiger partial charge in [0.15, 0.2) is 0 Å². The zero-order valence-electron chi connectivity index (χ0n) is 13.7. The fourth-order valence-electron chi connectivity index (χ4n) is 2.29. The summed E-state index contributed by atoms with van der Waals surface area (Å²) < 4.78 is 0. The van der Waals surface area contributed by atoms with E-state index in [-0.39, 0.29) is 17.0 Å². The molecule has 0 radical (unpaired) electrons. The molecule has 8 heteroatoms. The van der Waals surface area contributed by atoms with Crippen LogP contribution in [-0.4, -0.2) is 25.0 Å². The molecule has 3 heterocycles. The molecule has 4 rings (SSSR count). The number of benzene rings is 1. The average molecular weight is 415 g/mol. The molecule has 0 N–H and O–H groups in total. The molecule has 0 aliphatic carbocycles. The van der Waals surface area contributed by atoms with Crippen LogP contribution < -0.4 is 21.8 Å². The van der Waals surface area contributed by atoms with E-state index in [4.69, 9.17) is 0 Å². The largest absolute Gasteiger partial charge is 1.00 e. The number of para-hydroxylation sites is 1. The molecular formula is C17H15BrN6S. The molecule has 0 bridgehead atoms. The second kappa shape index (κ2) is 7.20. The minimum absolute atomic E-state index is 0. The van der Waals surface area contributed by atoms with Crippen molar-refractivity contribution >= 4 is 11.3 Å². The lowest BCUT2D eigenvalue weighted by Crippen LogP contribution is -3.00. The molecule has 0 spiro atoms. The number of rotatable bonds is 3. The van der Waals surface area contributed by atoms with Crippen LogP contribution in [0, 0.1) is 13.8 Å². The van der Waals surface area contributed by atoms with Gasteiger partial charge < -0.3 is 17.0 Å². The van der Waals surface area contributed by atoms with Crippen molar-refractivity contribution in [2.45, 2.75) is 13.8 Å². The summed E-state index contributed by atoms with van der Waals surface area (Å²) in [5.41, 5.74) is 2.85. The van der Waals surface area contributed by atoms with Gasteiger partial charge in [-0.3, -0.25) is 4.98 Å². The molecule has 25 heavy (non-hydrogen) atoms. The Kier molecular flexibility index (Phi) is 5.00. The number of pyridine rings is 1. The van der Waals surface area contributed by atoms with Gasteiger partial charge in [-0.15, -0.1) is 0 Å². The summed E-state index contributed by atoms with van der Waals surface area (Å²) in [5, 5.41) is 10.1. The number of nitrogens with zero attached hydrogens (tertiary/aromatic N) is 6. The van der Waals surface area contributed by atoms with Gasteiger partial charge >= 0.3 is 5.13 Å². The fourth-order valence-corrected chi connectivity index (χ4v) is 3.14. The Bertz CT molecular complexity index is 962. The normalized spacial score (nSPS) is 10.5. The lowest BCUT2D eigenvalue weighted by atomic mass is 10.3. The summed E-state index contributed by atoms with van der Waals surface area (Å²) in [6.07, 6.45) is 3.47. The lowest BCUT2D eigenvalue weighted by Gasteiger charge is -1.97. The number of hydrogen-bond donors (Lipinski definition) is 0. The molecule has 0 aliphatic rings. The number of halogens is 1. The summed E-state index contributed by atoms with van der Waals surface area (Å²) in [5.74, 6) is 0.631. The average Bonchev–Trinajstić information content (AvgIpc) is 3.21. The number of aromatic nitrogens is 6. The lowest BCUT2D eigenvalue weighted by molar-refractivity contribution is -0.734. The van der Waals surface area contributed by atoms with Gasteiger partial charge in [0.2, 0.25) is 0 Å². The predicted octanol–water partition coefficient (Wildman–Crippen LogP) is -0.317. The van der Waals surface area contributed by atoms with E-state index in [1.165, 1.54) is 4.88 Å². The number of tetrazole rings is 1. The van der Waals surface area contributed by atoms with Crippen LogP contribution >= 0.6 is 11.3 Å². The number of thiazole rings is 1. The first-order valence-electron chi connectivity index (χ1n) is 7.52. The minimum Gasteiger partial charge on any atom is -1.00 e. The van der Waals surface area contributed by atoms with Crippen molar-refractivity contribution in [3.05, 3.63) is 65.4 Å². The summed E-state index contributed by atoms with van der Waals surface area (Å²) >= 11 is 1.60. The van der Waals surface area contributed by atoms with Gasteiger partial charge in [0.05, 0.1) is 0 Å². The van der Waals surface area contributed by atoms with Gasteiger partial charge in [0.1, 0.15) is 11.4 Å². The van der Waals surface area contributed by atoms with Crippen LogP contribution in [0.2, 0.25) is 0 Å². The molecule has 126 valence electrons. The molecule has 3 aromatic heterocycles. The van der Waals surface area contributed by atoms with Crippen LogP contribution in [0.5, 0.6) is 0 Å². The molecule has 1 aromatic carbocycles. The van der Waals surface area contributed by atoms with Gasteiger partial charge in [-0.05, 0) is 52.8 Å². The molecular weight excluding hydrogens is 400 g/mol. The van der Waals surface area contributed by atoms with E-state index in [0.29, 0.717) is 5.82 Å². The van der Waals surface area contributed by atoms with E-state index in [0.717, 1.165) is 22.1 Å². The van der Waals surface area contributed by atoms with Crippen molar-refractivity contribution in [3.8, 4) is 22.2 Å². The Balaban J connectivity index is 0.00000182. The summed E-state index contributed by atoms with van der Waals surface area (Å²) in [6.45, 7) is 4.06. The van der Waals surface area contributed by atoms with Crippen LogP contribution in [0.15, 0.2) is 54.9 Å². The molecule has 0 atom stereocenters. The molecule has 6 nitrogen and oxygen atoms in total. The monoisotopic (exact) mass is 414 g/mol. The smallest absolute Gasteiger partial charge is 0.364 e. The quantitative estimate of drug-likeness (QED) is 0.431. The third-order valence-corrected chi connectivity index (χ3v) is 4.71. The number of aryl methyl sites for hydroxylation is 2. The molecule has 0 fully saturated rings. The first-order chi connectivity index (χ1) is 11.7. The first-order valence-corrected chi connectivity index (χ1v) is 8.34. The van der Waals surface area contributed by atoms with Gasteiger partial charge in [-0.1, -0.05) is 34.5 Å². The third kappa shape index (κ3) is 3.35. The highest BCUT2D eigenvalue weighted by atomic mass is 79.9. The fraction of sp³-hybridized carbons (Fsp3) is 0.118. The second-order valence-electron chi connectivity index (χ2n) is 5.31. The highest BCUT2D eigenvalue weighted by molar-refractivity contribution is 7.13. The Morgan fingerprint density at radius 1 is 1.00 bits per heavy atom. The van der Waals surface area contributed by atoms with Crippen molar-refractivity contribution in [1.82, 2.24) is 25.0 Å². The summed E-state index contributed by atoms with van der Waals surface area (Å²) in [7, 11) is 0. The van der Waals surface area contributed by atoms with Crippen LogP contribution in [-0.2, 0) is 0 Å². The predicted molar refractivity (Wildman–Crippen MR) is 91.3 cm³/mol. The molecule has 0 amide bonds. The maximum absolute atomic E-state index is 4.67. The van der Waals surface area contributed by atoms with Crippen molar-refractivity contribution in [3.63, 3.8) is 0 Å². The van der Waals surface area contributed by atoms with Gasteiger partial charge in [-0.25, -0.2) is 0 Å². The highest BCUT2D eigenvalue weighted by Crippen LogP contribution is 2.18. The van der Waals surface area contributed by atoms with Crippen molar-refractivity contribution < 1.29 is 21.8 Å². The minimum atomic E-state index is 0. The van der Waals surface area contributed by atoms with Crippen LogP contribution in [0.3, 0.4) is 0 Å². The van der Waals surface area contributed by atoms with Crippen molar-refractivity contribution in [1.29, 1.82) is 0 Å². The van der Waals surface area contributed by atoms with Crippen LogP contribution in [0.25, 0.3) is 22.2 Å². The summed E-state index contributed by atoms with van der Waals surface area (Å²) in [4.78, 5) is 13.4. The SMILES string of the molecule is Cc1nc(-[n+]2nc(-c3ccncc3)nn2-c2ccccc2)sc1C.[Br-]. The van der Waals surface area contributed by atoms with E-state index in [9.17, 15) is 0 Å². The second-order valence-corrected chi connectivity index (χ2v) is 6.49. The molecule has 0 aliphatic heterocycles. The Hall–Kier alpha value is -2.45. The Morgan fingerprint density at radius 3 is 2.36 bits per heavy atom. The van der Waals surface area contributed by atoms with E-state index in [1.54, 1.807) is 33.3 Å². The molecule has 0 saturated carbocycles. The molecule has 0 unspecified atom stereocenters. The highest BCUT2D eigenvalue weighted by Gasteiger charge is 2.24. The summed E-state index contributed by atoms with van der Waals surface area (Å²) in [6, 6.07) is 13.7. The Morgan fingerprint density at radius 2 is 1.72 bits per heavy atom. The van der Waals surface area contributed by atoms with E-state index in [1.807, 2.05) is 49.4 Å². The standard InChI is InChI=1S/C17H15N6S.BrH/c1-12-13(2)24-17(19-12)23-21-16(14-8-10-18-11-9-14)20-22(23)15-6-4-3-5-7-15;/h3-11H,1-2H3;1H/q+1;/p-1. The van der Waals surface area contributed by atoms with Crippen molar-refractivity contribution in [2.24, 2.45) is 0 Å². The van der Waals surface area contributed by atoms with Crippen LogP contribution in [0.1, 0.15) is 10.6 Å². The maximum atomic E-state index is 4.67. The topological polar surface area (TPSA) is 60.4 Å². The van der Waals surface area contributed by atoms with E-state index < -0.39 is 0 Å².